The van der Waals surface area contributed by atoms with Crippen molar-refractivity contribution in [2.75, 3.05) is 17.5 Å². The van der Waals surface area contributed by atoms with Crippen LogP contribution < -0.4 is 4.72 Å². The van der Waals surface area contributed by atoms with E-state index in [2.05, 4.69) is 9.08 Å². The average Bonchev–Trinajstić information content (AvgIpc) is 2.85. The molecule has 0 aliphatic carbocycles. The Morgan fingerprint density at radius 1 is 0.939 bits per heavy atom. The first kappa shape index (κ1) is 22.7. The number of phenols is 1. The van der Waals surface area contributed by atoms with E-state index < -0.39 is 15.9 Å². The largest absolute Gasteiger partial charge is 0.506 e. The fraction of sp³-hybridized carbons (Fsp3) is 0.0800. The number of aromatic hydroxyl groups is 1. The zero-order valence-electron chi connectivity index (χ0n) is 17.8. The van der Waals surface area contributed by atoms with Crippen LogP contribution in [-0.4, -0.2) is 33.2 Å². The first-order valence-electron chi connectivity index (χ1n) is 10.1. The van der Waals surface area contributed by atoms with E-state index in [0.717, 1.165) is 22.9 Å². The fourth-order valence-electron chi connectivity index (χ4n) is 3.49. The van der Waals surface area contributed by atoms with Crippen LogP contribution in [-0.2, 0) is 14.7 Å². The van der Waals surface area contributed by atoms with Gasteiger partial charge in [-0.15, -0.1) is 11.8 Å². The Kier molecular flexibility index (Phi) is 6.57. The van der Waals surface area contributed by atoms with Crippen LogP contribution in [0.1, 0.15) is 0 Å². The van der Waals surface area contributed by atoms with Crippen molar-refractivity contribution in [1.29, 1.82) is 0 Å². The highest BCUT2D eigenvalue weighted by atomic mass is 32.2. The molecule has 1 atom stereocenters. The minimum Gasteiger partial charge on any atom is -0.506 e. The molecule has 4 aromatic carbocycles. The second-order valence-electron chi connectivity index (χ2n) is 7.20. The van der Waals surface area contributed by atoms with Crippen molar-refractivity contribution in [1.82, 2.24) is 0 Å². The number of nitrogens with zero attached hydrogens (tertiary/aromatic N) is 1. The van der Waals surface area contributed by atoms with Gasteiger partial charge in [0, 0.05) is 17.8 Å². The molecule has 0 spiro atoms. The van der Waals surface area contributed by atoms with E-state index in [4.69, 9.17) is 5.11 Å². The number of hydrogen-bond acceptors (Lipinski definition) is 5. The number of carboxylic acid groups (broad SMARTS) is 1. The molecule has 0 saturated carbocycles. The van der Waals surface area contributed by atoms with Gasteiger partial charge in [-0.25, -0.2) is 8.57 Å². The molecule has 0 aliphatic rings. The summed E-state index contributed by atoms with van der Waals surface area (Å²) in [6.07, 6.45) is 0. The van der Waals surface area contributed by atoms with Gasteiger partial charge < -0.3 is 10.2 Å². The van der Waals surface area contributed by atoms with Crippen molar-refractivity contribution in [3.63, 3.8) is 0 Å². The summed E-state index contributed by atoms with van der Waals surface area (Å²) in [5.41, 5.74) is 2.56. The standard InChI is InChI=1S/C25H22N2O4S2/c1-26-33(31,19-13-11-18(12-14-19)17-7-3-2-4-8-17)27-22-15-23(32-16-24(28)29)25(30)21-10-6-5-9-20(21)22/h2-15,30H,16H2,1H3,(H,28,29)(H,26,27,31). The maximum atomic E-state index is 13.8. The second-order valence-corrected chi connectivity index (χ2v) is 10.3. The number of thioether (sulfide) groups is 1. The first-order chi connectivity index (χ1) is 15.9. The number of anilines is 1. The van der Waals surface area contributed by atoms with E-state index >= 15 is 0 Å². The Morgan fingerprint density at radius 3 is 2.18 bits per heavy atom. The highest BCUT2D eigenvalue weighted by Gasteiger charge is 2.18. The lowest BCUT2D eigenvalue weighted by molar-refractivity contribution is -0.133. The van der Waals surface area contributed by atoms with Gasteiger partial charge in [0.15, 0.2) is 9.92 Å². The van der Waals surface area contributed by atoms with Crippen LogP contribution >= 0.6 is 11.8 Å². The summed E-state index contributed by atoms with van der Waals surface area (Å²) in [4.78, 5) is 11.9. The number of fused-ring (bicyclic) bond motifs is 1. The van der Waals surface area contributed by atoms with E-state index in [-0.39, 0.29) is 11.5 Å². The molecular formula is C25H22N2O4S2. The summed E-state index contributed by atoms with van der Waals surface area (Å²) < 4.78 is 21.1. The molecule has 4 rings (SSSR count). The molecule has 0 aromatic heterocycles. The summed E-state index contributed by atoms with van der Waals surface area (Å²) in [5, 5.41) is 20.9. The van der Waals surface area contributed by atoms with E-state index in [0.29, 0.717) is 26.3 Å². The van der Waals surface area contributed by atoms with Gasteiger partial charge >= 0.3 is 5.97 Å². The topological polar surface area (TPSA) is 99.0 Å². The number of carboxylic acids is 1. The SMILES string of the molecule is CN=S(=O)(Nc1cc(SCC(=O)O)c(O)c2ccccc12)c1ccc(-c2ccccc2)cc1. The number of carbonyl (C=O) groups is 1. The van der Waals surface area contributed by atoms with Crippen LogP contribution in [0, 0.1) is 0 Å². The number of benzene rings is 4. The van der Waals surface area contributed by atoms with Gasteiger partial charge in [0.05, 0.1) is 21.2 Å². The monoisotopic (exact) mass is 478 g/mol. The van der Waals surface area contributed by atoms with E-state index in [9.17, 15) is 14.1 Å². The predicted molar refractivity (Wildman–Crippen MR) is 134 cm³/mol. The maximum Gasteiger partial charge on any atom is 0.313 e. The molecule has 1 unspecified atom stereocenters. The van der Waals surface area contributed by atoms with Gasteiger partial charge in [-0.1, -0.05) is 66.7 Å². The molecule has 0 saturated heterocycles. The normalized spacial score (nSPS) is 12.8. The second kappa shape index (κ2) is 9.56. The molecule has 8 heteroatoms. The van der Waals surface area contributed by atoms with Crippen molar-refractivity contribution >= 4 is 44.1 Å². The minimum absolute atomic E-state index is 0.00505. The third kappa shape index (κ3) is 4.81. The summed E-state index contributed by atoms with van der Waals surface area (Å²) >= 11 is 1.00. The van der Waals surface area contributed by atoms with Gasteiger partial charge in [0.25, 0.3) is 0 Å². The van der Waals surface area contributed by atoms with Crippen molar-refractivity contribution < 1.29 is 19.2 Å². The molecule has 0 heterocycles. The van der Waals surface area contributed by atoms with E-state index in [1.54, 1.807) is 36.4 Å². The van der Waals surface area contributed by atoms with Crippen LogP contribution in [0.4, 0.5) is 5.69 Å². The lowest BCUT2D eigenvalue weighted by Crippen LogP contribution is -2.13. The Morgan fingerprint density at radius 2 is 1.55 bits per heavy atom. The Balaban J connectivity index is 1.75. The number of nitrogens with one attached hydrogen (secondary N) is 1. The predicted octanol–water partition coefficient (Wildman–Crippen LogP) is 5.87. The van der Waals surface area contributed by atoms with Crippen molar-refractivity contribution in [3.8, 4) is 16.9 Å². The van der Waals surface area contributed by atoms with Crippen LogP contribution in [0.3, 0.4) is 0 Å². The quantitative estimate of drug-likeness (QED) is 0.228. The van der Waals surface area contributed by atoms with Crippen LogP contribution in [0.25, 0.3) is 21.9 Å². The van der Waals surface area contributed by atoms with Gasteiger partial charge in [-0.05, 0) is 29.3 Å². The van der Waals surface area contributed by atoms with Gasteiger partial charge in [0.1, 0.15) is 5.75 Å². The smallest absolute Gasteiger partial charge is 0.313 e. The Bertz CT molecular complexity index is 1430. The first-order valence-corrected chi connectivity index (χ1v) is 12.6. The van der Waals surface area contributed by atoms with E-state index in [1.807, 2.05) is 48.5 Å². The van der Waals surface area contributed by atoms with Gasteiger partial charge in [-0.3, -0.25) is 9.52 Å². The molecule has 0 amide bonds. The molecule has 4 aromatic rings. The Hall–Kier alpha value is -3.49. The lowest BCUT2D eigenvalue weighted by atomic mass is 10.1. The molecule has 0 bridgehead atoms. The zero-order valence-corrected chi connectivity index (χ0v) is 19.4. The van der Waals surface area contributed by atoms with E-state index in [1.165, 1.54) is 7.05 Å². The summed E-state index contributed by atoms with van der Waals surface area (Å²) in [7, 11) is -1.55. The highest BCUT2D eigenvalue weighted by Crippen LogP contribution is 2.40. The van der Waals surface area contributed by atoms with Gasteiger partial charge in [0.2, 0.25) is 0 Å². The fourth-order valence-corrected chi connectivity index (χ4v) is 5.61. The van der Waals surface area contributed by atoms with Crippen molar-refractivity contribution in [2.24, 2.45) is 4.36 Å². The highest BCUT2D eigenvalue weighted by molar-refractivity contribution is 8.00. The molecule has 0 radical (unpaired) electrons. The third-order valence-corrected chi connectivity index (χ3v) is 8.05. The third-order valence-electron chi connectivity index (χ3n) is 5.12. The molecule has 33 heavy (non-hydrogen) atoms. The maximum absolute atomic E-state index is 13.8. The van der Waals surface area contributed by atoms with Crippen LogP contribution in [0.5, 0.6) is 5.75 Å². The number of rotatable bonds is 7. The lowest BCUT2D eigenvalue weighted by Gasteiger charge is -2.17. The zero-order chi connectivity index (χ0) is 23.4. The van der Waals surface area contributed by atoms with Crippen molar-refractivity contribution in [3.05, 3.63) is 84.9 Å². The molecule has 3 N–H and O–H groups in total. The molecular weight excluding hydrogens is 456 g/mol. The summed E-state index contributed by atoms with van der Waals surface area (Å²) in [6, 6.07) is 26.0. The number of phenolic OH excluding ortho intramolecular Hbond substituents is 1. The molecule has 0 fully saturated rings. The van der Waals surface area contributed by atoms with Gasteiger partial charge in [-0.2, -0.15) is 0 Å². The number of aliphatic carboxylic acids is 1. The molecule has 0 aliphatic heterocycles. The number of hydrogen-bond donors (Lipinski definition) is 3. The molecule has 6 nitrogen and oxygen atoms in total. The average molecular weight is 479 g/mol. The van der Waals surface area contributed by atoms with Crippen LogP contribution in [0.15, 0.2) is 99.1 Å². The Labute approximate surface area is 196 Å². The minimum atomic E-state index is -3.04. The summed E-state index contributed by atoms with van der Waals surface area (Å²) in [6.45, 7) is 0. The molecule has 168 valence electrons. The van der Waals surface area contributed by atoms with Crippen molar-refractivity contribution in [2.45, 2.75) is 9.79 Å². The van der Waals surface area contributed by atoms with Crippen LogP contribution in [0.2, 0.25) is 0 Å². The summed E-state index contributed by atoms with van der Waals surface area (Å²) in [5.74, 6) is -1.21.